The van der Waals surface area contributed by atoms with Crippen molar-refractivity contribution < 1.29 is 32.5 Å². The number of methoxy groups -OCH3 is 2. The number of nitrogens with two attached hydrogens (primary N) is 1. The Morgan fingerprint density at radius 3 is 2.27 bits per heavy atom. The molecule has 51 heavy (non-hydrogen) atoms. The smallest absolute Gasteiger partial charge is 0.303 e. The Balaban J connectivity index is 0.000000248. The monoisotopic (exact) mass is 702 g/mol. The van der Waals surface area contributed by atoms with E-state index in [0.717, 1.165) is 70.9 Å². The molecular formula is C42H49F3N2O4. The molecule has 0 aromatic heterocycles. The van der Waals surface area contributed by atoms with E-state index in [4.69, 9.17) is 20.3 Å². The zero-order valence-electron chi connectivity index (χ0n) is 30.0. The Labute approximate surface area is 299 Å². The van der Waals surface area contributed by atoms with Gasteiger partial charge in [-0.3, -0.25) is 4.79 Å². The number of carboxylic acids is 1. The number of benzene rings is 4. The maximum atomic E-state index is 13.7. The first-order valence-electron chi connectivity index (χ1n) is 17.6. The van der Waals surface area contributed by atoms with E-state index in [1.54, 1.807) is 27.2 Å². The molecule has 1 aliphatic carbocycles. The molecule has 0 atom stereocenters. The van der Waals surface area contributed by atoms with Crippen LogP contribution in [0.2, 0.25) is 0 Å². The van der Waals surface area contributed by atoms with Crippen molar-refractivity contribution in [2.45, 2.75) is 70.6 Å². The highest BCUT2D eigenvalue weighted by molar-refractivity contribution is 6.01. The number of aryl methyl sites for hydroxylation is 2. The lowest BCUT2D eigenvalue weighted by Gasteiger charge is -2.35. The third kappa shape index (κ3) is 8.87. The molecule has 6 rings (SSSR count). The fourth-order valence-electron chi connectivity index (χ4n) is 7.39. The number of ether oxygens (including phenoxy) is 2. The average Bonchev–Trinajstić information content (AvgIpc) is 3.08. The summed E-state index contributed by atoms with van der Waals surface area (Å²) in [4.78, 5) is 13.7. The van der Waals surface area contributed by atoms with Crippen LogP contribution in [-0.4, -0.2) is 55.8 Å². The van der Waals surface area contributed by atoms with Gasteiger partial charge < -0.3 is 25.2 Å². The van der Waals surface area contributed by atoms with Crippen molar-refractivity contribution >= 4 is 22.4 Å². The summed E-state index contributed by atoms with van der Waals surface area (Å²) in [6.07, 6.45) is 3.67. The molecule has 4 aromatic carbocycles. The summed E-state index contributed by atoms with van der Waals surface area (Å²) in [5.41, 5.74) is 11.4. The zero-order chi connectivity index (χ0) is 36.9. The maximum absolute atomic E-state index is 13.7. The molecule has 0 unspecified atom stereocenters. The van der Waals surface area contributed by atoms with E-state index in [2.05, 4.69) is 42.7 Å². The maximum Gasteiger partial charge on any atom is 0.303 e. The number of hydrogen-bond acceptors (Lipinski definition) is 5. The predicted molar refractivity (Wildman–Crippen MR) is 198 cm³/mol. The number of likely N-dealkylation sites (tertiary alicyclic amines) is 1. The summed E-state index contributed by atoms with van der Waals surface area (Å²) in [5, 5.41) is 11.3. The first-order chi connectivity index (χ1) is 24.3. The minimum absolute atomic E-state index is 0.112. The molecule has 1 aliphatic heterocycles. The number of hydrogen-bond donors (Lipinski definition) is 2. The van der Waals surface area contributed by atoms with Gasteiger partial charge in [-0.15, -0.1) is 0 Å². The molecule has 1 saturated carbocycles. The Bertz CT molecular complexity index is 1850. The fourth-order valence-corrected chi connectivity index (χ4v) is 7.39. The second kappa shape index (κ2) is 16.2. The molecule has 0 spiro atoms. The van der Waals surface area contributed by atoms with Crippen LogP contribution in [0.25, 0.3) is 27.6 Å². The van der Waals surface area contributed by atoms with Crippen molar-refractivity contribution in [1.82, 2.24) is 4.90 Å². The highest BCUT2D eigenvalue weighted by atomic mass is 19.3. The van der Waals surface area contributed by atoms with E-state index in [1.165, 1.54) is 24.5 Å². The van der Waals surface area contributed by atoms with E-state index in [9.17, 15) is 18.0 Å². The number of nitrogens with zero attached hydrogens (tertiary/aromatic N) is 1. The molecule has 0 radical (unpaired) electrons. The molecule has 9 heteroatoms. The minimum Gasteiger partial charge on any atom is -0.496 e. The summed E-state index contributed by atoms with van der Waals surface area (Å²) < 4.78 is 51.1. The molecule has 4 aromatic rings. The van der Waals surface area contributed by atoms with Gasteiger partial charge in [-0.05, 0) is 108 Å². The molecular weight excluding hydrogens is 653 g/mol. The minimum atomic E-state index is -2.59. The Morgan fingerprint density at radius 2 is 1.67 bits per heavy atom. The highest BCUT2D eigenvalue weighted by Gasteiger charge is 2.46. The average molecular weight is 703 g/mol. The largest absolute Gasteiger partial charge is 0.496 e. The lowest BCUT2D eigenvalue weighted by molar-refractivity contribution is -0.136. The van der Waals surface area contributed by atoms with Crippen LogP contribution in [0.4, 0.5) is 13.2 Å². The second-order valence-corrected chi connectivity index (χ2v) is 14.0. The topological polar surface area (TPSA) is 85.0 Å². The number of fused-ring (bicyclic) bond motifs is 1. The van der Waals surface area contributed by atoms with Crippen molar-refractivity contribution in [3.8, 4) is 22.6 Å². The van der Waals surface area contributed by atoms with Gasteiger partial charge in [0, 0.05) is 37.1 Å². The molecule has 6 nitrogen and oxygen atoms in total. The molecule has 2 fully saturated rings. The SMILES string of the molecule is C=C(N)c1c(C)cc(C2CC(F)(F)C2)cc1F.COc1ccc(CCN2CCC(C)CC2)c(OC)c1-c1cccc2c(CCC(=O)O)cccc12. The number of aliphatic carboxylic acids is 1. The van der Waals surface area contributed by atoms with Crippen LogP contribution in [0, 0.1) is 18.7 Å². The lowest BCUT2D eigenvalue weighted by Crippen LogP contribution is -2.34. The number of carbonyl (C=O) groups is 1. The zero-order valence-corrected chi connectivity index (χ0v) is 30.0. The second-order valence-electron chi connectivity index (χ2n) is 14.0. The molecule has 2 aliphatic rings. The summed E-state index contributed by atoms with van der Waals surface area (Å²) in [5.74, 6) is -1.66. The van der Waals surface area contributed by atoms with Crippen molar-refractivity contribution in [3.05, 3.63) is 101 Å². The van der Waals surface area contributed by atoms with Crippen LogP contribution in [-0.2, 0) is 17.6 Å². The summed E-state index contributed by atoms with van der Waals surface area (Å²) >= 11 is 0. The van der Waals surface area contributed by atoms with E-state index in [1.807, 2.05) is 24.3 Å². The van der Waals surface area contributed by atoms with Crippen LogP contribution in [0.1, 0.15) is 72.8 Å². The number of piperidine rings is 1. The van der Waals surface area contributed by atoms with Gasteiger partial charge in [0.2, 0.25) is 5.92 Å². The van der Waals surface area contributed by atoms with Crippen LogP contribution >= 0.6 is 0 Å². The van der Waals surface area contributed by atoms with Crippen molar-refractivity contribution in [2.75, 3.05) is 33.9 Å². The Kier molecular flexibility index (Phi) is 12.0. The van der Waals surface area contributed by atoms with E-state index >= 15 is 0 Å². The summed E-state index contributed by atoms with van der Waals surface area (Å²) in [7, 11) is 3.42. The van der Waals surface area contributed by atoms with Crippen LogP contribution in [0.5, 0.6) is 11.5 Å². The van der Waals surface area contributed by atoms with Crippen LogP contribution in [0.15, 0.2) is 67.2 Å². The van der Waals surface area contributed by atoms with Gasteiger partial charge in [-0.25, -0.2) is 13.2 Å². The lowest BCUT2D eigenvalue weighted by atomic mass is 9.76. The summed E-state index contributed by atoms with van der Waals surface area (Å²) in [6, 6.07) is 19.5. The van der Waals surface area contributed by atoms with Crippen molar-refractivity contribution in [3.63, 3.8) is 0 Å². The first kappa shape index (κ1) is 37.7. The first-order valence-corrected chi connectivity index (χ1v) is 17.6. The van der Waals surface area contributed by atoms with Gasteiger partial charge in [-0.1, -0.05) is 62.0 Å². The molecule has 3 N–H and O–H groups in total. The van der Waals surface area contributed by atoms with Gasteiger partial charge in [0.25, 0.3) is 0 Å². The number of rotatable bonds is 11. The molecule has 1 saturated heterocycles. The molecule has 0 amide bonds. The number of alkyl halides is 2. The highest BCUT2D eigenvalue weighted by Crippen LogP contribution is 2.49. The molecule has 272 valence electrons. The van der Waals surface area contributed by atoms with Gasteiger partial charge in [0.15, 0.2) is 0 Å². The third-order valence-electron chi connectivity index (χ3n) is 10.3. The van der Waals surface area contributed by atoms with E-state index in [0.29, 0.717) is 17.5 Å². The fraction of sp³-hybridized carbons (Fsp3) is 0.405. The van der Waals surface area contributed by atoms with Crippen molar-refractivity contribution in [2.24, 2.45) is 11.7 Å². The van der Waals surface area contributed by atoms with Crippen LogP contribution in [0.3, 0.4) is 0 Å². The van der Waals surface area contributed by atoms with Gasteiger partial charge in [0.1, 0.15) is 17.3 Å². The Morgan fingerprint density at radius 1 is 0.980 bits per heavy atom. The van der Waals surface area contributed by atoms with Gasteiger partial charge in [0.05, 0.1) is 19.8 Å². The van der Waals surface area contributed by atoms with E-state index in [-0.39, 0.29) is 36.4 Å². The Hall–Kier alpha value is -4.50. The number of halogens is 3. The normalized spacial score (nSPS) is 16.2. The quantitative estimate of drug-likeness (QED) is 0.162. The third-order valence-corrected chi connectivity index (χ3v) is 10.3. The molecule has 1 heterocycles. The molecule has 0 bridgehead atoms. The van der Waals surface area contributed by atoms with E-state index < -0.39 is 17.7 Å². The summed E-state index contributed by atoms with van der Waals surface area (Å²) in [6.45, 7) is 10.9. The van der Waals surface area contributed by atoms with Crippen LogP contribution < -0.4 is 15.2 Å². The standard InChI is InChI=1S/C29H35NO4.C13H14F3N/c1-20-14-17-30(18-15-20)19-16-22-10-12-26(33-2)28(29(22)34-3)25-9-5-7-23-21(11-13-27(31)32)6-4-8-24(23)25;1-7-3-9(10-5-13(15,16)6-10)4-11(14)12(7)8(2)17/h4-10,12,20H,11,13-19H2,1-3H3,(H,31,32);3-4,10H,2,5-6,17H2,1H3. The number of carboxylic acid groups (broad SMARTS) is 1. The van der Waals surface area contributed by atoms with Crippen molar-refractivity contribution in [1.29, 1.82) is 0 Å². The van der Waals surface area contributed by atoms with Gasteiger partial charge in [-0.2, -0.15) is 0 Å². The van der Waals surface area contributed by atoms with Gasteiger partial charge >= 0.3 is 5.97 Å². The predicted octanol–water partition coefficient (Wildman–Crippen LogP) is 9.39.